The molecule has 1 heterocycles. The molecule has 4 aromatic rings. The minimum Gasteiger partial charge on any atom is -0.336 e. The normalized spacial score (nSPS) is 16.0. The van der Waals surface area contributed by atoms with Gasteiger partial charge in [0.2, 0.25) is 0 Å². The Hall–Kier alpha value is -2.38. The number of piperazine rings is 1. The highest BCUT2D eigenvalue weighted by molar-refractivity contribution is 6.07. The number of carbonyl (C=O) groups is 1. The largest absolute Gasteiger partial charge is 0.336 e. The molecule has 1 aliphatic rings. The second-order valence-electron chi connectivity index (χ2n) is 10.6. The van der Waals surface area contributed by atoms with Crippen molar-refractivity contribution in [3.05, 3.63) is 96.1 Å². The summed E-state index contributed by atoms with van der Waals surface area (Å²) in [6.07, 6.45) is 3.41. The van der Waals surface area contributed by atoms with Crippen LogP contribution in [0.25, 0.3) is 21.5 Å². The lowest BCUT2D eigenvalue weighted by Crippen LogP contribution is -2.58. The zero-order valence-electron chi connectivity index (χ0n) is 23.7. The van der Waals surface area contributed by atoms with E-state index >= 15 is 0 Å². The first-order chi connectivity index (χ1) is 18.7. The first-order valence-corrected chi connectivity index (χ1v) is 14.1. The molecule has 0 saturated carbocycles. The summed E-state index contributed by atoms with van der Waals surface area (Å²) in [5.74, 6) is 0.146. The molecule has 2 unspecified atom stereocenters. The maximum Gasteiger partial charge on any atom is 0.254 e. The first kappa shape index (κ1) is 34.8. The van der Waals surface area contributed by atoms with Crippen LogP contribution in [0.15, 0.2) is 84.9 Å². The van der Waals surface area contributed by atoms with Gasteiger partial charge < -0.3 is 16.0 Å². The average molecular weight is 618 g/mol. The molecule has 1 aliphatic heterocycles. The number of nitrogens with one attached hydrogen (secondary N) is 1. The third-order valence-corrected chi connectivity index (χ3v) is 7.95. The van der Waals surface area contributed by atoms with Gasteiger partial charge in [0.15, 0.2) is 0 Å². The molecule has 2 atom stereocenters. The molecule has 222 valence electrons. The number of hydrogen-bond acceptors (Lipinski definition) is 4. The third kappa shape index (κ3) is 8.57. The molecule has 1 amide bonds. The van der Waals surface area contributed by atoms with E-state index in [4.69, 9.17) is 5.73 Å². The Kier molecular flexibility index (Phi) is 14.4. The minimum absolute atomic E-state index is 0. The minimum atomic E-state index is 0. The predicted molar refractivity (Wildman–Crippen MR) is 180 cm³/mol. The van der Waals surface area contributed by atoms with Gasteiger partial charge in [-0.2, -0.15) is 0 Å². The average Bonchev–Trinajstić information content (AvgIpc) is 2.97. The molecule has 5 nitrogen and oxygen atoms in total. The summed E-state index contributed by atoms with van der Waals surface area (Å²) in [4.78, 5) is 18.3. The number of fused-ring (bicyclic) bond motifs is 2. The zero-order chi connectivity index (χ0) is 26.3. The lowest BCUT2D eigenvalue weighted by atomic mass is 10.0. The van der Waals surface area contributed by atoms with Crippen LogP contribution in [0.5, 0.6) is 0 Å². The molecule has 0 aromatic heterocycles. The smallest absolute Gasteiger partial charge is 0.254 e. The molecule has 8 heteroatoms. The summed E-state index contributed by atoms with van der Waals surface area (Å²) in [5, 5.41) is 8.39. The fourth-order valence-corrected chi connectivity index (χ4v) is 5.73. The Morgan fingerprint density at radius 3 is 2.37 bits per heavy atom. The number of benzene rings is 4. The molecule has 1 saturated heterocycles. The Morgan fingerprint density at radius 2 is 1.61 bits per heavy atom. The highest BCUT2D eigenvalue weighted by Crippen LogP contribution is 2.23. The van der Waals surface area contributed by atoms with Crippen LogP contribution in [0, 0.1) is 0 Å². The molecular weight excluding hydrogens is 575 g/mol. The standard InChI is InChI=1S/C33H40N4O.3ClH/c1-2-3-13-30-24-37(33(38)32-15-8-12-27-10-6-7-14-31(27)32)19-18-36(30)23-29(21-34)35-22-25-16-17-26-9-4-5-11-28(26)20-25;;;/h4-12,14-17,20,29-30,35H,2-3,13,18-19,21-24,34H2,1H3;3*1H. The van der Waals surface area contributed by atoms with Crippen LogP contribution in [0.4, 0.5) is 0 Å². The summed E-state index contributed by atoms with van der Waals surface area (Å²) >= 11 is 0. The number of unbranched alkanes of at least 4 members (excludes halogenated alkanes) is 1. The van der Waals surface area contributed by atoms with Crippen molar-refractivity contribution < 1.29 is 4.79 Å². The molecule has 0 aliphatic carbocycles. The quantitative estimate of drug-likeness (QED) is 0.208. The van der Waals surface area contributed by atoms with E-state index in [1.54, 1.807) is 0 Å². The molecule has 41 heavy (non-hydrogen) atoms. The van der Waals surface area contributed by atoms with Crippen molar-refractivity contribution in [2.75, 3.05) is 32.7 Å². The van der Waals surface area contributed by atoms with Crippen LogP contribution >= 0.6 is 37.2 Å². The fraction of sp³-hybridized carbons (Fsp3) is 0.364. The highest BCUT2D eigenvalue weighted by atomic mass is 35.5. The molecular formula is C33H43Cl3N4O. The Bertz CT molecular complexity index is 1380. The van der Waals surface area contributed by atoms with Gasteiger partial charge in [-0.3, -0.25) is 9.69 Å². The Balaban J connectivity index is 0.00000196. The Morgan fingerprint density at radius 1 is 0.902 bits per heavy atom. The molecule has 0 bridgehead atoms. The lowest BCUT2D eigenvalue weighted by molar-refractivity contribution is 0.0432. The van der Waals surface area contributed by atoms with Gasteiger partial charge in [-0.15, -0.1) is 37.2 Å². The van der Waals surface area contributed by atoms with Crippen LogP contribution < -0.4 is 11.1 Å². The highest BCUT2D eigenvalue weighted by Gasteiger charge is 2.31. The van der Waals surface area contributed by atoms with Gasteiger partial charge in [-0.1, -0.05) is 92.6 Å². The summed E-state index contributed by atoms with van der Waals surface area (Å²) in [6.45, 7) is 6.90. The summed E-state index contributed by atoms with van der Waals surface area (Å²) in [5.41, 5.74) is 8.32. The van der Waals surface area contributed by atoms with Gasteiger partial charge in [0, 0.05) is 56.9 Å². The van der Waals surface area contributed by atoms with Gasteiger partial charge in [0.25, 0.3) is 5.91 Å². The number of nitrogens with two attached hydrogens (primary N) is 1. The van der Waals surface area contributed by atoms with Crippen molar-refractivity contribution in [2.24, 2.45) is 5.73 Å². The van der Waals surface area contributed by atoms with E-state index in [-0.39, 0.29) is 49.2 Å². The van der Waals surface area contributed by atoms with Gasteiger partial charge in [-0.05, 0) is 45.7 Å². The van der Waals surface area contributed by atoms with Crippen LogP contribution in [0.2, 0.25) is 0 Å². The van der Waals surface area contributed by atoms with E-state index in [0.717, 1.165) is 68.3 Å². The van der Waals surface area contributed by atoms with Crippen molar-refractivity contribution in [1.29, 1.82) is 0 Å². The van der Waals surface area contributed by atoms with E-state index in [1.165, 1.54) is 16.3 Å². The second kappa shape index (κ2) is 16.9. The van der Waals surface area contributed by atoms with Crippen molar-refractivity contribution in [2.45, 2.75) is 44.8 Å². The summed E-state index contributed by atoms with van der Waals surface area (Å²) < 4.78 is 0. The number of carbonyl (C=O) groups excluding carboxylic acids is 1. The molecule has 1 fully saturated rings. The SMILES string of the molecule is CCCCC1CN(C(=O)c2cccc3ccccc23)CCN1CC(CN)NCc1ccc2ccccc2c1.Cl.Cl.Cl. The van der Waals surface area contributed by atoms with Crippen molar-refractivity contribution in [3.63, 3.8) is 0 Å². The Labute approximate surface area is 263 Å². The molecule has 0 spiro atoms. The fourth-order valence-electron chi connectivity index (χ4n) is 5.73. The second-order valence-corrected chi connectivity index (χ2v) is 10.6. The maximum absolute atomic E-state index is 13.6. The van der Waals surface area contributed by atoms with E-state index in [1.807, 2.05) is 24.3 Å². The van der Waals surface area contributed by atoms with Gasteiger partial charge >= 0.3 is 0 Å². The van der Waals surface area contributed by atoms with Crippen LogP contribution in [-0.2, 0) is 6.54 Å². The van der Waals surface area contributed by atoms with Crippen LogP contribution in [0.3, 0.4) is 0 Å². The predicted octanol–water partition coefficient (Wildman–Crippen LogP) is 6.69. The summed E-state index contributed by atoms with van der Waals surface area (Å²) in [7, 11) is 0. The summed E-state index contributed by atoms with van der Waals surface area (Å²) in [6, 6.07) is 29.9. The van der Waals surface area contributed by atoms with E-state index in [9.17, 15) is 4.79 Å². The van der Waals surface area contributed by atoms with Gasteiger partial charge in [-0.25, -0.2) is 0 Å². The number of rotatable bonds is 10. The number of halogens is 3. The number of amides is 1. The molecule has 4 aromatic carbocycles. The first-order valence-electron chi connectivity index (χ1n) is 14.1. The van der Waals surface area contributed by atoms with Crippen LogP contribution in [-0.4, -0.2) is 60.5 Å². The van der Waals surface area contributed by atoms with Crippen molar-refractivity contribution >= 4 is 64.7 Å². The van der Waals surface area contributed by atoms with Crippen LogP contribution in [0.1, 0.15) is 42.1 Å². The monoisotopic (exact) mass is 616 g/mol. The lowest BCUT2D eigenvalue weighted by Gasteiger charge is -2.43. The molecule has 5 rings (SSSR count). The van der Waals surface area contributed by atoms with Gasteiger partial charge in [0.1, 0.15) is 0 Å². The third-order valence-electron chi connectivity index (χ3n) is 7.95. The maximum atomic E-state index is 13.6. The topological polar surface area (TPSA) is 61.6 Å². The van der Waals surface area contributed by atoms with Crippen molar-refractivity contribution in [1.82, 2.24) is 15.1 Å². The van der Waals surface area contributed by atoms with Crippen molar-refractivity contribution in [3.8, 4) is 0 Å². The van der Waals surface area contributed by atoms with Gasteiger partial charge in [0.05, 0.1) is 0 Å². The zero-order valence-corrected chi connectivity index (χ0v) is 26.2. The van der Waals surface area contributed by atoms with E-state index in [2.05, 4.69) is 82.7 Å². The van der Waals surface area contributed by atoms with E-state index in [0.29, 0.717) is 12.6 Å². The number of hydrogen-bond donors (Lipinski definition) is 2. The number of nitrogens with zero attached hydrogens (tertiary/aromatic N) is 2. The van der Waals surface area contributed by atoms with E-state index < -0.39 is 0 Å². The molecule has 0 radical (unpaired) electrons. The molecule has 3 N–H and O–H groups in total.